The van der Waals surface area contributed by atoms with Crippen molar-refractivity contribution in [3.63, 3.8) is 0 Å². The van der Waals surface area contributed by atoms with E-state index >= 15 is 0 Å². The summed E-state index contributed by atoms with van der Waals surface area (Å²) in [7, 11) is 4.52. The summed E-state index contributed by atoms with van der Waals surface area (Å²) in [5.41, 5.74) is 16.1. The summed E-state index contributed by atoms with van der Waals surface area (Å²) in [6.45, 7) is 17.6. The van der Waals surface area contributed by atoms with Crippen molar-refractivity contribution in [1.29, 1.82) is 0 Å². The Balaban J connectivity index is 0.000000227. The third kappa shape index (κ3) is 12.8. The molecule has 0 atom stereocenters. The van der Waals surface area contributed by atoms with Crippen LogP contribution in [-0.4, -0.2) is 55.8 Å². The molecular formula is C41H63Cl2N2PPbRu+. The van der Waals surface area contributed by atoms with Gasteiger partial charge in [0.15, 0.2) is 0 Å². The van der Waals surface area contributed by atoms with Gasteiger partial charge in [-0.2, -0.15) is 6.67 Å². The van der Waals surface area contributed by atoms with Crippen molar-refractivity contribution in [3.8, 4) is 0 Å². The van der Waals surface area contributed by atoms with E-state index in [0.717, 1.165) is 38.9 Å². The summed E-state index contributed by atoms with van der Waals surface area (Å²) in [5, 5.41) is 0. The molecule has 7 heteroatoms. The van der Waals surface area contributed by atoms with Crippen LogP contribution in [0.1, 0.15) is 130 Å². The summed E-state index contributed by atoms with van der Waals surface area (Å²) in [6.07, 6.45) is 23.8. The number of nitrogens with zero attached hydrogens (tertiary/aromatic N) is 2. The molecule has 0 N–H and O–H groups in total. The van der Waals surface area contributed by atoms with Gasteiger partial charge in [0.2, 0.25) is 0 Å². The van der Waals surface area contributed by atoms with E-state index in [9.17, 15) is 0 Å². The van der Waals surface area contributed by atoms with Crippen molar-refractivity contribution < 1.29 is 17.3 Å². The van der Waals surface area contributed by atoms with Crippen LogP contribution in [0.25, 0.3) is 0 Å². The monoisotopic (exact) mass is 994 g/mol. The molecule has 48 heavy (non-hydrogen) atoms. The molecule has 0 unspecified atom stereocenters. The molecule has 2 aromatic carbocycles. The van der Waals surface area contributed by atoms with E-state index in [0.29, 0.717) is 0 Å². The number of anilines is 2. The Bertz CT molecular complexity index is 1100. The summed E-state index contributed by atoms with van der Waals surface area (Å²) >= 11 is 7.94. The topological polar surface area (TPSA) is 6.48 Å². The van der Waals surface area contributed by atoms with Gasteiger partial charge in [0.05, 0.1) is 17.0 Å². The first-order valence-corrected chi connectivity index (χ1v) is 25.3. The van der Waals surface area contributed by atoms with Crippen LogP contribution in [0, 0.1) is 48.2 Å². The number of aryl methyl sites for hydroxylation is 6. The SMILES string of the molecule is C1CCC([PH+](C2CCCCC2)C2CCCCC2)CC1.Cc1cc(C)c(N2[CH-]N(c3c(C)cc(C)cc3C)CC2)c(C)c1.Cl/C=[CH]/[Pb].[Cl][Ru+]. The summed E-state index contributed by atoms with van der Waals surface area (Å²) < 4.78 is 1.90. The minimum atomic E-state index is -0.0465. The fraction of sp³-hybridized carbons (Fsp3) is 0.634. The van der Waals surface area contributed by atoms with Gasteiger partial charge in [0.25, 0.3) is 0 Å². The van der Waals surface area contributed by atoms with Crippen molar-refractivity contribution in [3.05, 3.63) is 73.5 Å². The van der Waals surface area contributed by atoms with Crippen molar-refractivity contribution in [2.75, 3.05) is 22.9 Å². The van der Waals surface area contributed by atoms with Crippen LogP contribution in [0.15, 0.2) is 33.4 Å². The molecule has 2 nitrogen and oxygen atoms in total. The summed E-state index contributed by atoms with van der Waals surface area (Å²) in [4.78, 5) is 4.81. The number of hydrogen-bond acceptors (Lipinski definition) is 2. The molecule has 6 rings (SSSR count). The molecule has 3 radical (unpaired) electrons. The fourth-order valence-electron chi connectivity index (χ4n) is 9.40. The zero-order chi connectivity index (χ0) is 35.1. The van der Waals surface area contributed by atoms with Crippen LogP contribution >= 0.6 is 29.2 Å². The first kappa shape index (κ1) is 42.7. The van der Waals surface area contributed by atoms with E-state index in [1.54, 1.807) is 96.3 Å². The van der Waals surface area contributed by atoms with E-state index < -0.39 is 0 Å². The predicted molar refractivity (Wildman–Crippen MR) is 216 cm³/mol. The van der Waals surface area contributed by atoms with Crippen LogP contribution in [0.5, 0.6) is 0 Å². The van der Waals surface area contributed by atoms with Gasteiger partial charge in [-0.25, -0.2) is 0 Å². The average molecular weight is 994 g/mol. The molecule has 3 aliphatic carbocycles. The van der Waals surface area contributed by atoms with Crippen molar-refractivity contribution >= 4 is 66.4 Å². The molecule has 0 spiro atoms. The minimum absolute atomic E-state index is 0.0465. The van der Waals surface area contributed by atoms with Crippen LogP contribution < -0.4 is 9.80 Å². The van der Waals surface area contributed by atoms with Gasteiger partial charge in [0, 0.05) is 32.4 Å². The van der Waals surface area contributed by atoms with E-state index in [1.165, 1.54) is 67.3 Å². The van der Waals surface area contributed by atoms with E-state index in [1.807, 2.05) is 20.9 Å². The normalized spacial score (nSPS) is 19.4. The average Bonchev–Trinajstić information content (AvgIpc) is 3.55. The predicted octanol–water partition coefficient (Wildman–Crippen LogP) is 12.7. The van der Waals surface area contributed by atoms with E-state index in [4.69, 9.17) is 11.6 Å². The molecule has 1 aliphatic heterocycles. The second kappa shape index (κ2) is 23.1. The Hall–Kier alpha value is 0.335. The van der Waals surface area contributed by atoms with Gasteiger partial charge in [-0.15, -0.1) is 0 Å². The van der Waals surface area contributed by atoms with E-state index in [-0.39, 0.29) is 7.92 Å². The summed E-state index contributed by atoms with van der Waals surface area (Å²) in [6, 6.07) is 9.12. The first-order valence-electron chi connectivity index (χ1n) is 18.7. The van der Waals surface area contributed by atoms with Gasteiger partial charge >= 0.3 is 73.5 Å². The Kier molecular flexibility index (Phi) is 20.6. The third-order valence-corrected chi connectivity index (χ3v) is 17.2. The number of hydrogen-bond donors (Lipinski definition) is 0. The van der Waals surface area contributed by atoms with Gasteiger partial charge in [-0.05, 0) is 141 Å². The third-order valence-electron chi connectivity index (χ3n) is 11.0. The molecule has 4 fully saturated rings. The molecule has 0 amide bonds. The Morgan fingerprint density at radius 3 is 1.12 bits per heavy atom. The quantitative estimate of drug-likeness (QED) is 0.167. The Morgan fingerprint density at radius 1 is 0.604 bits per heavy atom. The Labute approximate surface area is 332 Å². The molecule has 3 saturated carbocycles. The van der Waals surface area contributed by atoms with Gasteiger partial charge in [-0.1, -0.05) is 54.7 Å². The molecule has 2 aromatic rings. The van der Waals surface area contributed by atoms with Gasteiger partial charge in [0.1, 0.15) is 0 Å². The number of benzene rings is 2. The van der Waals surface area contributed by atoms with Gasteiger partial charge in [-0.3, -0.25) is 0 Å². The van der Waals surface area contributed by atoms with Crippen LogP contribution in [-0.2, 0) is 17.3 Å². The molecule has 4 aliphatic rings. The van der Waals surface area contributed by atoms with Crippen molar-refractivity contribution in [2.24, 2.45) is 0 Å². The zero-order valence-electron chi connectivity index (χ0n) is 30.8. The zero-order valence-corrected chi connectivity index (χ0v) is 38.9. The van der Waals surface area contributed by atoms with Crippen molar-refractivity contribution in [1.82, 2.24) is 0 Å². The van der Waals surface area contributed by atoms with Crippen molar-refractivity contribution in [2.45, 2.75) is 155 Å². The van der Waals surface area contributed by atoms with E-state index in [2.05, 4.69) is 92.0 Å². The first-order chi connectivity index (χ1) is 23.2. The maximum absolute atomic E-state index is 5.04. The number of rotatable bonds is 5. The van der Waals surface area contributed by atoms with Crippen LogP contribution in [0.3, 0.4) is 0 Å². The number of halogens is 2. The molecular weight excluding hydrogens is 931 g/mol. The Morgan fingerprint density at radius 2 is 0.875 bits per heavy atom. The standard InChI is InChI=1S/C21H27N2.C18H33P.C2H2Cl.ClH.Pb.Ru/c1-14-9-16(3)20(17(4)10-14)22-7-8-23(13-22)21-18(5)11-15(2)12-19(21)6;1-4-10-16(11-5-1)19(17-12-6-2-7-13-17)18-14-8-3-9-15-18;1-2-3;;;/h9-13H,7-8H2,1-6H3;16-18H,1-15H2;1-2H;1H;;/q-1;;;;;+2. The summed E-state index contributed by atoms with van der Waals surface area (Å²) in [5.74, 6) is 0. The molecule has 0 aromatic heterocycles. The second-order valence-corrected chi connectivity index (χ2v) is 19.8. The van der Waals surface area contributed by atoms with Crippen LogP contribution in [0.2, 0.25) is 0 Å². The maximum atomic E-state index is 5.04. The van der Waals surface area contributed by atoms with Crippen LogP contribution in [0.4, 0.5) is 11.4 Å². The second-order valence-electron chi connectivity index (χ2n) is 14.8. The molecule has 1 heterocycles. The molecule has 1 saturated heterocycles. The fourth-order valence-corrected chi connectivity index (χ4v) is 14.6. The molecule has 267 valence electrons. The van der Waals surface area contributed by atoms with Gasteiger partial charge < -0.3 is 9.80 Å². The molecule has 0 bridgehead atoms.